The molecule has 43 heavy (non-hydrogen) atoms. The van der Waals surface area contributed by atoms with Crippen molar-refractivity contribution in [1.82, 2.24) is 0 Å². The highest BCUT2D eigenvalue weighted by molar-refractivity contribution is 6.03. The van der Waals surface area contributed by atoms with E-state index in [1.807, 2.05) is 12.2 Å². The van der Waals surface area contributed by atoms with Crippen LogP contribution in [0, 0.1) is 0 Å². The monoisotopic (exact) mass is 598 g/mol. The second-order valence-electron chi connectivity index (χ2n) is 9.23. The molecule has 3 rings (SSSR count). The maximum atomic E-state index is 12.6. The fraction of sp³-hybridized carbons (Fsp3) is 0.438. The third kappa shape index (κ3) is 12.4. The van der Waals surface area contributed by atoms with Crippen LogP contribution in [0.4, 0.5) is 0 Å². The topological polar surface area (TPSA) is 133 Å². The summed E-state index contributed by atoms with van der Waals surface area (Å²) in [6, 6.07) is 12.7. The molecule has 0 aromatic heterocycles. The zero-order chi connectivity index (χ0) is 30.5. The lowest BCUT2D eigenvalue weighted by atomic mass is 10.1. The molecule has 2 aromatic rings. The predicted octanol–water partition coefficient (Wildman–Crippen LogP) is 4.19. The molecule has 0 spiro atoms. The van der Waals surface area contributed by atoms with E-state index in [1.165, 1.54) is 24.3 Å². The van der Waals surface area contributed by atoms with Crippen LogP contribution in [0.15, 0.2) is 60.7 Å². The molecular formula is C32H38O11. The highest BCUT2D eigenvalue weighted by atomic mass is 16.6. The van der Waals surface area contributed by atoms with Crippen LogP contribution in [0.3, 0.4) is 0 Å². The van der Waals surface area contributed by atoms with Crippen molar-refractivity contribution < 1.29 is 52.3 Å². The first-order valence-corrected chi connectivity index (χ1v) is 14.3. The minimum absolute atomic E-state index is 0.0150. The van der Waals surface area contributed by atoms with Crippen molar-refractivity contribution >= 4 is 23.9 Å². The number of carbonyl (C=O) groups is 4. The van der Waals surface area contributed by atoms with Crippen molar-refractivity contribution in [3.05, 3.63) is 82.9 Å². The van der Waals surface area contributed by atoms with Gasteiger partial charge >= 0.3 is 23.9 Å². The van der Waals surface area contributed by atoms with Crippen molar-refractivity contribution in [2.75, 3.05) is 66.1 Å². The fourth-order valence-electron chi connectivity index (χ4n) is 3.89. The summed E-state index contributed by atoms with van der Waals surface area (Å²) in [5.74, 6) is -2.46. The zero-order valence-corrected chi connectivity index (χ0v) is 24.2. The van der Waals surface area contributed by atoms with E-state index in [0.717, 1.165) is 0 Å². The van der Waals surface area contributed by atoms with E-state index in [-0.39, 0.29) is 75.1 Å². The van der Waals surface area contributed by atoms with E-state index in [2.05, 4.69) is 0 Å². The summed E-state index contributed by atoms with van der Waals surface area (Å²) in [6.07, 6.45) is 6.49. The molecule has 11 nitrogen and oxygen atoms in total. The summed E-state index contributed by atoms with van der Waals surface area (Å²) in [6.45, 7) is 1.93. The number of fused-ring (bicyclic) bond motifs is 2. The normalized spacial score (nSPS) is 19.2. The number of esters is 4. The molecule has 0 unspecified atom stereocenters. The molecule has 0 saturated carbocycles. The van der Waals surface area contributed by atoms with E-state index >= 15 is 0 Å². The van der Waals surface area contributed by atoms with Crippen molar-refractivity contribution in [2.45, 2.75) is 25.7 Å². The molecule has 0 bridgehead atoms. The van der Waals surface area contributed by atoms with E-state index in [4.69, 9.17) is 33.2 Å². The van der Waals surface area contributed by atoms with Crippen LogP contribution < -0.4 is 0 Å². The third-order valence-corrected chi connectivity index (χ3v) is 6.06. The van der Waals surface area contributed by atoms with Gasteiger partial charge in [0.15, 0.2) is 0 Å². The van der Waals surface area contributed by atoms with Gasteiger partial charge in [-0.25, -0.2) is 19.2 Å². The molecule has 0 saturated heterocycles. The van der Waals surface area contributed by atoms with Gasteiger partial charge in [0.2, 0.25) is 0 Å². The highest BCUT2D eigenvalue weighted by Crippen LogP contribution is 2.14. The standard InChI is InChI=1S/C32H38O11/c33-29-25-11-5-7-13-27(25)31(35)42-23-21-38-19-17-37-18-20-39-22-24-43-32(36)28-14-8-6-12-26(28)30(34)41-16-10-4-2-1-3-9-15-40-29/h1-2,5-8,11-14H,3-4,9-10,15-24H2/b2-1-. The van der Waals surface area contributed by atoms with Crippen LogP contribution >= 0.6 is 0 Å². The van der Waals surface area contributed by atoms with Crippen LogP contribution in [-0.2, 0) is 33.2 Å². The highest BCUT2D eigenvalue weighted by Gasteiger charge is 2.20. The Kier molecular flexibility index (Phi) is 15.5. The average molecular weight is 599 g/mol. The number of cyclic esters (lactones) is 4. The molecule has 1 aliphatic rings. The number of benzene rings is 2. The Morgan fingerprint density at radius 1 is 0.372 bits per heavy atom. The van der Waals surface area contributed by atoms with E-state index in [1.54, 1.807) is 24.3 Å². The third-order valence-electron chi connectivity index (χ3n) is 6.06. The number of hydrogen-bond donors (Lipinski definition) is 0. The second kappa shape index (κ2) is 20.0. The first-order valence-electron chi connectivity index (χ1n) is 14.3. The summed E-state index contributed by atoms with van der Waals surface area (Å²) >= 11 is 0. The summed E-state index contributed by atoms with van der Waals surface area (Å²) in [5.41, 5.74) is 0.543. The van der Waals surface area contributed by atoms with E-state index in [0.29, 0.717) is 38.9 Å². The maximum Gasteiger partial charge on any atom is 0.339 e. The molecule has 0 atom stereocenters. The lowest BCUT2D eigenvalue weighted by Gasteiger charge is -2.10. The van der Waals surface area contributed by atoms with Crippen LogP contribution in [0.1, 0.15) is 67.1 Å². The number of ether oxygens (including phenoxy) is 7. The van der Waals surface area contributed by atoms with Crippen LogP contribution in [0.5, 0.6) is 0 Å². The predicted molar refractivity (Wildman–Crippen MR) is 154 cm³/mol. The zero-order valence-electron chi connectivity index (χ0n) is 24.2. The summed E-state index contributed by atoms with van der Waals surface area (Å²) < 4.78 is 37.4. The SMILES string of the molecule is O=C1OCCC/C=C\CCCOC(=O)c2ccccc2C(=O)OCCOCCOCCOCCOC(=O)c2ccccc21. The Balaban J connectivity index is 1.51. The van der Waals surface area contributed by atoms with E-state index in [9.17, 15) is 19.2 Å². The van der Waals surface area contributed by atoms with Gasteiger partial charge in [-0.2, -0.15) is 0 Å². The number of hydrogen-bond acceptors (Lipinski definition) is 11. The van der Waals surface area contributed by atoms with Crippen LogP contribution in [0.25, 0.3) is 0 Å². The molecule has 0 amide bonds. The van der Waals surface area contributed by atoms with Gasteiger partial charge in [0, 0.05) is 0 Å². The minimum Gasteiger partial charge on any atom is -0.462 e. The summed E-state index contributed by atoms with van der Waals surface area (Å²) in [5, 5.41) is 0. The molecule has 232 valence electrons. The molecule has 0 radical (unpaired) electrons. The van der Waals surface area contributed by atoms with Gasteiger partial charge in [-0.1, -0.05) is 36.4 Å². The number of carbonyl (C=O) groups excluding carboxylic acids is 4. The van der Waals surface area contributed by atoms with Crippen molar-refractivity contribution in [1.29, 1.82) is 0 Å². The quantitative estimate of drug-likeness (QED) is 0.246. The van der Waals surface area contributed by atoms with Crippen molar-refractivity contribution in [3.63, 3.8) is 0 Å². The van der Waals surface area contributed by atoms with Gasteiger partial charge in [0.05, 0.1) is 75.1 Å². The fourth-order valence-corrected chi connectivity index (χ4v) is 3.89. The van der Waals surface area contributed by atoms with Gasteiger partial charge < -0.3 is 33.2 Å². The molecule has 2 aromatic carbocycles. The van der Waals surface area contributed by atoms with Crippen molar-refractivity contribution in [3.8, 4) is 0 Å². The molecule has 0 N–H and O–H groups in total. The Morgan fingerprint density at radius 2 is 0.651 bits per heavy atom. The molecule has 11 heteroatoms. The van der Waals surface area contributed by atoms with Gasteiger partial charge in [0.1, 0.15) is 13.2 Å². The van der Waals surface area contributed by atoms with E-state index < -0.39 is 23.9 Å². The Bertz CT molecular complexity index is 1120. The largest absolute Gasteiger partial charge is 0.462 e. The van der Waals surface area contributed by atoms with Gasteiger partial charge in [-0.3, -0.25) is 0 Å². The van der Waals surface area contributed by atoms with Crippen LogP contribution in [0.2, 0.25) is 0 Å². The molecule has 1 heterocycles. The number of allylic oxidation sites excluding steroid dienone is 2. The Hall–Kier alpha value is -4.06. The lowest BCUT2D eigenvalue weighted by Crippen LogP contribution is -2.18. The molecular weight excluding hydrogens is 560 g/mol. The minimum atomic E-state index is -0.636. The molecule has 1 aliphatic heterocycles. The Morgan fingerprint density at radius 3 is 0.977 bits per heavy atom. The first-order chi connectivity index (χ1) is 21.1. The molecule has 0 fully saturated rings. The molecule has 0 aliphatic carbocycles. The van der Waals surface area contributed by atoms with Gasteiger partial charge in [-0.05, 0) is 49.9 Å². The van der Waals surface area contributed by atoms with Crippen molar-refractivity contribution in [2.24, 2.45) is 0 Å². The van der Waals surface area contributed by atoms with Crippen LogP contribution in [-0.4, -0.2) is 89.9 Å². The smallest absolute Gasteiger partial charge is 0.339 e. The first kappa shape index (κ1) is 33.4. The average Bonchev–Trinajstić information content (AvgIpc) is 3.03. The summed E-state index contributed by atoms with van der Waals surface area (Å²) in [4.78, 5) is 50.2. The lowest BCUT2D eigenvalue weighted by molar-refractivity contribution is -0.00687. The summed E-state index contributed by atoms with van der Waals surface area (Å²) in [7, 11) is 0. The van der Waals surface area contributed by atoms with Gasteiger partial charge in [0.25, 0.3) is 0 Å². The Labute approximate surface area is 251 Å². The maximum absolute atomic E-state index is 12.6. The number of rotatable bonds is 0. The second-order valence-corrected chi connectivity index (χ2v) is 9.23. The van der Waals surface area contributed by atoms with Gasteiger partial charge in [-0.15, -0.1) is 0 Å².